The lowest BCUT2D eigenvalue weighted by molar-refractivity contribution is 0.935. The van der Waals surface area contributed by atoms with Gasteiger partial charge in [0.25, 0.3) is 0 Å². The van der Waals surface area contributed by atoms with Gasteiger partial charge >= 0.3 is 0 Å². The number of hydrogen-bond acceptors (Lipinski definition) is 4. The molecule has 1 aliphatic carbocycles. The lowest BCUT2D eigenvalue weighted by Crippen LogP contribution is -2.04. The molecule has 0 radical (unpaired) electrons. The molecular formula is C53H34N6. The van der Waals surface area contributed by atoms with Crippen molar-refractivity contribution < 1.29 is 0 Å². The second kappa shape index (κ2) is 13.3. The maximum Gasteiger partial charge on any atom is 0.220 e. The zero-order valence-corrected chi connectivity index (χ0v) is 31.9. The number of benzene rings is 8. The zero-order valence-electron chi connectivity index (χ0n) is 31.9. The second-order valence-electron chi connectivity index (χ2n) is 15.0. The summed E-state index contributed by atoms with van der Waals surface area (Å²) in [5.74, 6) is 2.85. The van der Waals surface area contributed by atoms with Crippen LogP contribution in [0.25, 0.3) is 101 Å². The van der Waals surface area contributed by atoms with E-state index in [1.165, 1.54) is 44.5 Å². The van der Waals surface area contributed by atoms with Gasteiger partial charge < -0.3 is 0 Å². The molecule has 59 heavy (non-hydrogen) atoms. The van der Waals surface area contributed by atoms with E-state index in [1.807, 2.05) is 60.7 Å². The summed E-state index contributed by atoms with van der Waals surface area (Å²) in [4.78, 5) is 20.5. The molecule has 6 heteroatoms. The normalized spacial score (nSPS) is 11.8. The molecule has 0 spiro atoms. The second-order valence-corrected chi connectivity index (χ2v) is 15.0. The molecule has 3 aromatic heterocycles. The molecule has 3 heterocycles. The number of fused-ring (bicyclic) bond motifs is 13. The van der Waals surface area contributed by atoms with Crippen LogP contribution in [-0.2, 0) is 6.42 Å². The van der Waals surface area contributed by atoms with Gasteiger partial charge in [0, 0.05) is 23.2 Å². The van der Waals surface area contributed by atoms with Crippen LogP contribution in [0, 0.1) is 0 Å². The summed E-state index contributed by atoms with van der Waals surface area (Å²) in [7, 11) is 0. The molecule has 0 aliphatic heterocycles. The predicted octanol–water partition coefficient (Wildman–Crippen LogP) is 12.5. The minimum absolute atomic E-state index is 0.494. The third kappa shape index (κ3) is 5.34. The molecule has 0 unspecified atom stereocenters. The van der Waals surface area contributed by atoms with Crippen molar-refractivity contribution in [3.05, 3.63) is 206 Å². The average Bonchev–Trinajstić information content (AvgIpc) is 3.84. The molecule has 0 atom stereocenters. The van der Waals surface area contributed by atoms with E-state index in [0.717, 1.165) is 50.2 Å². The van der Waals surface area contributed by atoms with E-state index in [1.54, 1.807) is 0 Å². The lowest BCUT2D eigenvalue weighted by atomic mass is 9.81. The van der Waals surface area contributed by atoms with Crippen molar-refractivity contribution >= 4 is 27.8 Å². The van der Waals surface area contributed by atoms with Gasteiger partial charge in [-0.05, 0) is 80.4 Å². The van der Waals surface area contributed by atoms with Gasteiger partial charge in [-0.1, -0.05) is 164 Å². The van der Waals surface area contributed by atoms with Gasteiger partial charge in [0.1, 0.15) is 5.82 Å². The van der Waals surface area contributed by atoms with Gasteiger partial charge in [-0.15, -0.1) is 0 Å². The largest absolute Gasteiger partial charge is 0.278 e. The summed E-state index contributed by atoms with van der Waals surface area (Å²) in [5.41, 5.74) is 17.9. The van der Waals surface area contributed by atoms with Gasteiger partial charge in [-0.25, -0.2) is 19.9 Å². The third-order valence-electron chi connectivity index (χ3n) is 11.6. The average molecular weight is 755 g/mol. The Bertz CT molecular complexity index is 3350. The summed E-state index contributed by atoms with van der Waals surface area (Å²) in [6.45, 7) is 0. The van der Waals surface area contributed by atoms with E-state index in [-0.39, 0.29) is 0 Å². The summed E-state index contributed by atoms with van der Waals surface area (Å²) >= 11 is 0. The van der Waals surface area contributed by atoms with E-state index >= 15 is 0 Å². The highest BCUT2D eigenvalue weighted by atomic mass is 15.2. The van der Waals surface area contributed by atoms with Crippen LogP contribution in [0.1, 0.15) is 11.4 Å². The molecule has 12 rings (SSSR count). The van der Waals surface area contributed by atoms with Crippen LogP contribution in [0.5, 0.6) is 0 Å². The van der Waals surface area contributed by atoms with Crippen molar-refractivity contribution in [1.29, 1.82) is 0 Å². The Morgan fingerprint density at radius 3 is 1.41 bits per heavy atom. The molecule has 8 aromatic carbocycles. The third-order valence-corrected chi connectivity index (χ3v) is 11.6. The van der Waals surface area contributed by atoms with E-state index in [0.29, 0.717) is 23.9 Å². The first-order valence-corrected chi connectivity index (χ1v) is 20.0. The standard InChI is InChI=1S/C53H34N6/c1-3-16-34(17-4-1)51-54-49(55-52(57-51)35-18-5-2-6-19-35)32-36-20-15-29-48-50(36)56-53-58(46-27-13-14-28-47(46)59(48)53)37-30-31-44-42-25-10-9-23-40(42)38-21-7-8-22-39(38)41-24-11-12-26-43(41)45(44)33-37/h1-31,33H,32H2. The van der Waals surface area contributed by atoms with Crippen LogP contribution in [0.4, 0.5) is 0 Å². The Morgan fingerprint density at radius 1 is 0.356 bits per heavy atom. The zero-order chi connectivity index (χ0) is 38.9. The summed E-state index contributed by atoms with van der Waals surface area (Å²) in [6.07, 6.45) is 0.494. The Morgan fingerprint density at radius 2 is 0.831 bits per heavy atom. The van der Waals surface area contributed by atoms with Gasteiger partial charge in [0.05, 0.1) is 22.1 Å². The highest BCUT2D eigenvalue weighted by Gasteiger charge is 2.24. The van der Waals surface area contributed by atoms with Crippen LogP contribution < -0.4 is 0 Å². The number of hydrogen-bond donors (Lipinski definition) is 0. The number of nitrogens with zero attached hydrogens (tertiary/aromatic N) is 6. The van der Waals surface area contributed by atoms with Crippen molar-refractivity contribution in [3.63, 3.8) is 0 Å². The molecule has 11 aromatic rings. The Kier molecular flexibility index (Phi) is 7.50. The first-order valence-electron chi connectivity index (χ1n) is 20.0. The van der Waals surface area contributed by atoms with Crippen molar-refractivity contribution in [1.82, 2.24) is 28.9 Å². The number of imidazole rings is 2. The maximum absolute atomic E-state index is 5.50. The minimum Gasteiger partial charge on any atom is -0.278 e. The highest BCUT2D eigenvalue weighted by molar-refractivity contribution is 6.04. The van der Waals surface area contributed by atoms with Crippen molar-refractivity contribution in [2.75, 3.05) is 0 Å². The van der Waals surface area contributed by atoms with Crippen molar-refractivity contribution in [3.8, 4) is 73.0 Å². The molecule has 0 amide bonds. The van der Waals surface area contributed by atoms with Crippen LogP contribution in [-0.4, -0.2) is 28.9 Å². The van der Waals surface area contributed by atoms with E-state index < -0.39 is 0 Å². The number of rotatable bonds is 5. The number of aromatic nitrogens is 6. The predicted molar refractivity (Wildman–Crippen MR) is 238 cm³/mol. The Balaban J connectivity index is 1.05. The first-order chi connectivity index (χ1) is 29.3. The van der Waals surface area contributed by atoms with E-state index in [2.05, 4.69) is 142 Å². The molecular weight excluding hydrogens is 721 g/mol. The fraction of sp³-hybridized carbons (Fsp3) is 0.0189. The van der Waals surface area contributed by atoms with Gasteiger partial charge in [0.15, 0.2) is 11.6 Å². The molecule has 276 valence electrons. The summed E-state index contributed by atoms with van der Waals surface area (Å²) < 4.78 is 4.60. The highest BCUT2D eigenvalue weighted by Crippen LogP contribution is 2.48. The topological polar surface area (TPSA) is 60.9 Å². The van der Waals surface area contributed by atoms with Gasteiger partial charge in [-0.2, -0.15) is 0 Å². The van der Waals surface area contributed by atoms with Crippen LogP contribution in [0.2, 0.25) is 0 Å². The summed E-state index contributed by atoms with van der Waals surface area (Å²) in [5, 5.41) is 0. The van der Waals surface area contributed by atoms with Gasteiger partial charge in [-0.3, -0.25) is 8.97 Å². The molecule has 0 saturated heterocycles. The monoisotopic (exact) mass is 754 g/mol. The molecule has 0 bridgehead atoms. The van der Waals surface area contributed by atoms with Crippen LogP contribution in [0.3, 0.4) is 0 Å². The quantitative estimate of drug-likeness (QED) is 0.176. The SMILES string of the molecule is c1ccc(-c2nc(Cc3cccc4c3nc3n(-c5ccc6c(c5)-c5ccccc5-c5ccccc5-c5ccccc5-6)c5ccccc5n43)nc(-c3ccccc3)n2)cc1. The fourth-order valence-electron chi connectivity index (χ4n) is 8.97. The van der Waals surface area contributed by atoms with E-state index in [9.17, 15) is 0 Å². The van der Waals surface area contributed by atoms with Crippen molar-refractivity contribution in [2.45, 2.75) is 6.42 Å². The molecule has 0 N–H and O–H groups in total. The van der Waals surface area contributed by atoms with Gasteiger partial charge in [0.2, 0.25) is 5.78 Å². The van der Waals surface area contributed by atoms with Crippen LogP contribution >= 0.6 is 0 Å². The van der Waals surface area contributed by atoms with Crippen LogP contribution in [0.15, 0.2) is 194 Å². The molecule has 1 aliphatic rings. The lowest BCUT2D eigenvalue weighted by Gasteiger charge is -2.23. The van der Waals surface area contributed by atoms with E-state index in [4.69, 9.17) is 19.9 Å². The fourth-order valence-corrected chi connectivity index (χ4v) is 8.97. The maximum atomic E-state index is 5.50. The first kappa shape index (κ1) is 33.2. The molecule has 0 fully saturated rings. The molecule has 0 saturated carbocycles. The number of para-hydroxylation sites is 3. The molecule has 6 nitrogen and oxygen atoms in total. The smallest absolute Gasteiger partial charge is 0.220 e. The van der Waals surface area contributed by atoms with Crippen molar-refractivity contribution in [2.24, 2.45) is 0 Å². The Labute approximate surface area is 340 Å². The minimum atomic E-state index is 0.494. The Hall–Kier alpha value is -7.96. The summed E-state index contributed by atoms with van der Waals surface area (Å²) in [6, 6.07) is 68.5.